The molecule has 0 saturated carbocycles. The largest absolute Gasteiger partial charge is 0.353 e. The highest BCUT2D eigenvalue weighted by atomic mass is 16.2. The molecular formula is C24H23N7O2. The van der Waals surface area contributed by atoms with Crippen molar-refractivity contribution in [2.45, 2.75) is 39.7 Å². The van der Waals surface area contributed by atoms with Gasteiger partial charge in [-0.2, -0.15) is 0 Å². The fraction of sp³-hybridized carbons (Fsp3) is 0.250. The van der Waals surface area contributed by atoms with Crippen LogP contribution in [-0.4, -0.2) is 40.9 Å². The average Bonchev–Trinajstić information content (AvgIpc) is 3.48. The summed E-state index contributed by atoms with van der Waals surface area (Å²) in [5, 5.41) is 18.4. The lowest BCUT2D eigenvalue weighted by atomic mass is 9.98. The molecule has 0 amide bonds. The molecule has 2 heterocycles. The molecule has 33 heavy (non-hydrogen) atoms. The minimum absolute atomic E-state index is 0.268. The van der Waals surface area contributed by atoms with Crippen LogP contribution in [0.15, 0.2) is 53.3 Å². The van der Waals surface area contributed by atoms with Crippen LogP contribution in [0.25, 0.3) is 22.5 Å². The monoisotopic (exact) mass is 441 g/mol. The number of rotatable bonds is 7. The lowest BCUT2D eigenvalue weighted by Gasteiger charge is -2.09. The maximum absolute atomic E-state index is 12.9. The first-order chi connectivity index (χ1) is 16.1. The van der Waals surface area contributed by atoms with E-state index in [-0.39, 0.29) is 12.3 Å². The number of nitrogens with one attached hydrogen (secondary N) is 1. The lowest BCUT2D eigenvalue weighted by Crippen LogP contribution is -2.30. The van der Waals surface area contributed by atoms with Crippen molar-refractivity contribution >= 4 is 5.91 Å². The molecule has 0 aliphatic carbocycles. The summed E-state index contributed by atoms with van der Waals surface area (Å²) in [6, 6.07) is 15.7. The van der Waals surface area contributed by atoms with E-state index in [1.807, 2.05) is 55.5 Å². The minimum Gasteiger partial charge on any atom is -0.273 e. The quantitative estimate of drug-likeness (QED) is 0.442. The fourth-order valence-corrected chi connectivity index (χ4v) is 3.56. The number of aromatic nitrogens is 7. The van der Waals surface area contributed by atoms with Gasteiger partial charge in [0.15, 0.2) is 5.82 Å². The molecule has 9 nitrogen and oxygen atoms in total. The molecule has 0 bridgehead atoms. The molecule has 1 N–H and O–H groups in total. The van der Waals surface area contributed by atoms with Gasteiger partial charge in [0.2, 0.25) is 0 Å². The SMILES string of the molecule is CC#CCc1nn(C(=O)CCC)c(=O)n1Cc1ccc(-c2ccccc2-c2nnn[nH]2)cc1. The van der Waals surface area contributed by atoms with Gasteiger partial charge in [0, 0.05) is 12.0 Å². The second-order valence-corrected chi connectivity index (χ2v) is 7.44. The first kappa shape index (κ1) is 21.9. The molecule has 166 valence electrons. The van der Waals surface area contributed by atoms with E-state index >= 15 is 0 Å². The Labute approximate surface area is 190 Å². The predicted octanol–water partition coefficient (Wildman–Crippen LogP) is 2.95. The van der Waals surface area contributed by atoms with Gasteiger partial charge in [0.05, 0.1) is 13.0 Å². The van der Waals surface area contributed by atoms with E-state index in [9.17, 15) is 9.59 Å². The summed E-state index contributed by atoms with van der Waals surface area (Å²) in [5.41, 5.74) is 3.34. The Kier molecular flexibility index (Phi) is 6.55. The molecule has 0 radical (unpaired) electrons. The van der Waals surface area contributed by atoms with Crippen molar-refractivity contribution in [1.29, 1.82) is 0 Å². The normalized spacial score (nSPS) is 10.6. The second kappa shape index (κ2) is 9.87. The van der Waals surface area contributed by atoms with Gasteiger partial charge in [-0.3, -0.25) is 9.36 Å². The van der Waals surface area contributed by atoms with Gasteiger partial charge in [-0.25, -0.2) is 9.89 Å². The molecule has 0 fully saturated rings. The first-order valence-electron chi connectivity index (χ1n) is 10.7. The number of aromatic amines is 1. The second-order valence-electron chi connectivity index (χ2n) is 7.44. The van der Waals surface area contributed by atoms with Gasteiger partial charge in [-0.05, 0) is 40.5 Å². The fourth-order valence-electron chi connectivity index (χ4n) is 3.56. The van der Waals surface area contributed by atoms with Crippen LogP contribution >= 0.6 is 0 Å². The molecule has 9 heteroatoms. The van der Waals surface area contributed by atoms with E-state index in [4.69, 9.17) is 0 Å². The van der Waals surface area contributed by atoms with E-state index in [0.29, 0.717) is 31.0 Å². The zero-order valence-corrected chi connectivity index (χ0v) is 18.4. The van der Waals surface area contributed by atoms with Crippen LogP contribution in [-0.2, 0) is 13.0 Å². The Bertz CT molecular complexity index is 1370. The van der Waals surface area contributed by atoms with E-state index in [1.165, 1.54) is 4.57 Å². The van der Waals surface area contributed by atoms with E-state index in [1.54, 1.807) is 6.92 Å². The van der Waals surface area contributed by atoms with Crippen LogP contribution in [0, 0.1) is 11.8 Å². The average molecular weight is 441 g/mol. The van der Waals surface area contributed by atoms with E-state index < -0.39 is 5.69 Å². The lowest BCUT2D eigenvalue weighted by molar-refractivity contribution is 0.0880. The molecule has 0 saturated heterocycles. The Morgan fingerprint density at radius 1 is 1.09 bits per heavy atom. The van der Waals surface area contributed by atoms with Crippen molar-refractivity contribution in [3.8, 4) is 34.4 Å². The van der Waals surface area contributed by atoms with Crippen molar-refractivity contribution in [2.75, 3.05) is 0 Å². The molecule has 4 rings (SSSR count). The van der Waals surface area contributed by atoms with Gasteiger partial charge >= 0.3 is 5.69 Å². The standard InChI is InChI=1S/C24H23N7O2/c1-3-5-11-21-27-31(22(32)8-4-2)24(33)30(21)16-17-12-14-18(15-13-17)19-9-6-7-10-20(19)23-25-28-29-26-23/h6-7,9-10,12-15H,4,8,11,16H2,1-2H3,(H,25,26,28,29). The maximum atomic E-state index is 12.9. The highest BCUT2D eigenvalue weighted by Crippen LogP contribution is 2.29. The number of benzene rings is 2. The molecular weight excluding hydrogens is 418 g/mol. The molecule has 4 aromatic rings. The van der Waals surface area contributed by atoms with Gasteiger partial charge < -0.3 is 0 Å². The number of H-pyrrole nitrogens is 1. The third-order valence-corrected chi connectivity index (χ3v) is 5.20. The highest BCUT2D eigenvalue weighted by molar-refractivity contribution is 5.80. The molecule has 0 aliphatic rings. The summed E-state index contributed by atoms with van der Waals surface area (Å²) in [4.78, 5) is 25.2. The molecule has 0 unspecified atom stereocenters. The summed E-state index contributed by atoms with van der Waals surface area (Å²) in [6.45, 7) is 3.92. The third kappa shape index (κ3) is 4.65. The third-order valence-electron chi connectivity index (χ3n) is 5.20. The van der Waals surface area contributed by atoms with Gasteiger partial charge in [0.1, 0.15) is 5.82 Å². The Morgan fingerprint density at radius 2 is 1.85 bits per heavy atom. The molecule has 0 atom stereocenters. The zero-order chi connectivity index (χ0) is 23.2. The van der Waals surface area contributed by atoms with Crippen molar-refractivity contribution < 1.29 is 4.79 Å². The molecule has 0 spiro atoms. The Hall–Kier alpha value is -4.32. The van der Waals surface area contributed by atoms with Gasteiger partial charge in [-0.15, -0.1) is 20.8 Å². The van der Waals surface area contributed by atoms with Gasteiger partial charge in [-0.1, -0.05) is 61.4 Å². The zero-order valence-electron chi connectivity index (χ0n) is 18.4. The van der Waals surface area contributed by atoms with Crippen molar-refractivity contribution in [3.63, 3.8) is 0 Å². The van der Waals surface area contributed by atoms with Crippen LogP contribution in [0.1, 0.15) is 42.9 Å². The van der Waals surface area contributed by atoms with Crippen molar-refractivity contribution in [3.05, 3.63) is 70.4 Å². The van der Waals surface area contributed by atoms with Crippen LogP contribution in [0.4, 0.5) is 0 Å². The van der Waals surface area contributed by atoms with Gasteiger partial charge in [0.25, 0.3) is 5.91 Å². The molecule has 0 aliphatic heterocycles. The number of hydrogen-bond donors (Lipinski definition) is 1. The van der Waals surface area contributed by atoms with Crippen molar-refractivity contribution in [1.82, 2.24) is 35.0 Å². The Balaban J connectivity index is 1.65. The van der Waals surface area contributed by atoms with Crippen LogP contribution in [0.5, 0.6) is 0 Å². The number of carbonyl (C=O) groups excluding carboxylic acids is 1. The van der Waals surface area contributed by atoms with E-state index in [2.05, 4.69) is 37.6 Å². The number of tetrazole rings is 1. The summed E-state index contributed by atoms with van der Waals surface area (Å²) in [7, 11) is 0. The minimum atomic E-state index is -0.436. The number of carbonyl (C=O) groups is 1. The predicted molar refractivity (Wildman–Crippen MR) is 123 cm³/mol. The molecule has 2 aromatic heterocycles. The van der Waals surface area contributed by atoms with Crippen LogP contribution in [0.2, 0.25) is 0 Å². The van der Waals surface area contributed by atoms with Crippen LogP contribution < -0.4 is 5.69 Å². The smallest absolute Gasteiger partial charge is 0.273 e. The summed E-state index contributed by atoms with van der Waals surface area (Å²) >= 11 is 0. The maximum Gasteiger partial charge on any atom is 0.353 e. The number of nitrogens with zero attached hydrogens (tertiary/aromatic N) is 6. The first-order valence-corrected chi connectivity index (χ1v) is 10.7. The topological polar surface area (TPSA) is 111 Å². The molecule has 2 aromatic carbocycles. The van der Waals surface area contributed by atoms with Crippen molar-refractivity contribution in [2.24, 2.45) is 0 Å². The highest BCUT2D eigenvalue weighted by Gasteiger charge is 2.18. The van der Waals surface area contributed by atoms with Crippen LogP contribution in [0.3, 0.4) is 0 Å². The summed E-state index contributed by atoms with van der Waals surface area (Å²) in [5.74, 6) is 6.52. The summed E-state index contributed by atoms with van der Waals surface area (Å²) < 4.78 is 2.48. The van der Waals surface area contributed by atoms with E-state index in [0.717, 1.165) is 26.9 Å². The Morgan fingerprint density at radius 3 is 2.52 bits per heavy atom. The number of hydrogen-bond acceptors (Lipinski definition) is 6. The summed E-state index contributed by atoms with van der Waals surface area (Å²) in [6.07, 6.45) is 1.22.